The van der Waals surface area contributed by atoms with E-state index in [9.17, 15) is 0 Å². The third-order valence-corrected chi connectivity index (χ3v) is 3.71. The lowest BCUT2D eigenvalue weighted by atomic mass is 10.1. The van der Waals surface area contributed by atoms with E-state index in [-0.39, 0.29) is 0 Å². The molecule has 0 aliphatic rings. The Balaban J connectivity index is 2.50. The Labute approximate surface area is 115 Å². The quantitative estimate of drug-likeness (QED) is 0.786. The standard InChI is InChI=1S/C13H14ClNO2S/c1-16-9-3-4-11(17-2)10(7-9)13-12(5-6-14)18-8-15-13/h3-4,7-8H,5-6H2,1-2H3. The summed E-state index contributed by atoms with van der Waals surface area (Å²) in [4.78, 5) is 5.58. The summed E-state index contributed by atoms with van der Waals surface area (Å²) in [5.41, 5.74) is 3.70. The van der Waals surface area contributed by atoms with Crippen molar-refractivity contribution in [3.8, 4) is 22.8 Å². The largest absolute Gasteiger partial charge is 0.497 e. The van der Waals surface area contributed by atoms with Crippen molar-refractivity contribution < 1.29 is 9.47 Å². The van der Waals surface area contributed by atoms with Gasteiger partial charge in [-0.3, -0.25) is 0 Å². The van der Waals surface area contributed by atoms with Crippen molar-refractivity contribution in [1.29, 1.82) is 0 Å². The SMILES string of the molecule is COc1ccc(OC)c(-c2ncsc2CCCl)c1. The molecule has 3 nitrogen and oxygen atoms in total. The molecule has 18 heavy (non-hydrogen) atoms. The van der Waals surface area contributed by atoms with E-state index in [2.05, 4.69) is 4.98 Å². The van der Waals surface area contributed by atoms with Gasteiger partial charge in [-0.05, 0) is 24.6 Å². The Morgan fingerprint density at radius 3 is 2.78 bits per heavy atom. The molecule has 0 aliphatic carbocycles. The lowest BCUT2D eigenvalue weighted by molar-refractivity contribution is 0.404. The molecule has 0 spiro atoms. The number of aromatic nitrogens is 1. The molecule has 1 aromatic carbocycles. The molecule has 0 atom stereocenters. The van der Waals surface area contributed by atoms with Crippen molar-refractivity contribution in [2.75, 3.05) is 20.1 Å². The van der Waals surface area contributed by atoms with Crippen molar-refractivity contribution >= 4 is 22.9 Å². The average Bonchev–Trinajstić information content (AvgIpc) is 2.86. The Morgan fingerprint density at radius 1 is 1.28 bits per heavy atom. The molecule has 96 valence electrons. The van der Waals surface area contributed by atoms with Gasteiger partial charge in [-0.1, -0.05) is 0 Å². The van der Waals surface area contributed by atoms with Gasteiger partial charge in [0.25, 0.3) is 0 Å². The zero-order valence-electron chi connectivity index (χ0n) is 10.3. The molecular formula is C13H14ClNO2S. The number of alkyl halides is 1. The first-order valence-electron chi connectivity index (χ1n) is 5.51. The third-order valence-electron chi connectivity index (χ3n) is 2.62. The number of ether oxygens (including phenoxy) is 2. The van der Waals surface area contributed by atoms with Crippen molar-refractivity contribution in [3.63, 3.8) is 0 Å². The number of methoxy groups -OCH3 is 2. The predicted molar refractivity (Wildman–Crippen MR) is 75.1 cm³/mol. The van der Waals surface area contributed by atoms with Crippen LogP contribution in [-0.4, -0.2) is 25.1 Å². The first kappa shape index (κ1) is 13.2. The Hall–Kier alpha value is -1.26. The third kappa shape index (κ3) is 2.60. The van der Waals surface area contributed by atoms with Gasteiger partial charge < -0.3 is 9.47 Å². The van der Waals surface area contributed by atoms with Crippen molar-refractivity contribution in [3.05, 3.63) is 28.6 Å². The minimum absolute atomic E-state index is 0.585. The molecule has 2 aromatic rings. The van der Waals surface area contributed by atoms with Crippen LogP contribution in [0, 0.1) is 0 Å². The monoisotopic (exact) mass is 283 g/mol. The first-order chi connectivity index (χ1) is 8.80. The molecule has 5 heteroatoms. The number of aryl methyl sites for hydroxylation is 1. The highest BCUT2D eigenvalue weighted by Gasteiger charge is 2.14. The maximum Gasteiger partial charge on any atom is 0.128 e. The van der Waals surface area contributed by atoms with E-state index in [0.717, 1.165) is 34.1 Å². The molecule has 1 heterocycles. The fraction of sp³-hybridized carbons (Fsp3) is 0.308. The summed E-state index contributed by atoms with van der Waals surface area (Å²) in [6.07, 6.45) is 0.807. The number of thiazole rings is 1. The van der Waals surface area contributed by atoms with Crippen LogP contribution in [0.5, 0.6) is 11.5 Å². The van der Waals surface area contributed by atoms with Gasteiger partial charge in [-0.2, -0.15) is 0 Å². The molecule has 1 aromatic heterocycles. The fourth-order valence-electron chi connectivity index (χ4n) is 1.75. The van der Waals surface area contributed by atoms with Crippen molar-refractivity contribution in [1.82, 2.24) is 4.98 Å². The van der Waals surface area contributed by atoms with Gasteiger partial charge in [-0.25, -0.2) is 4.98 Å². The van der Waals surface area contributed by atoms with Crippen LogP contribution < -0.4 is 9.47 Å². The Kier molecular flexibility index (Phi) is 4.44. The molecule has 0 fully saturated rings. The van der Waals surface area contributed by atoms with Crippen LogP contribution in [0.25, 0.3) is 11.3 Å². The zero-order chi connectivity index (χ0) is 13.0. The summed E-state index contributed by atoms with van der Waals surface area (Å²) < 4.78 is 10.6. The summed E-state index contributed by atoms with van der Waals surface area (Å²) in [5, 5.41) is 0. The lowest BCUT2D eigenvalue weighted by Crippen LogP contribution is -1.93. The maximum absolute atomic E-state index is 5.81. The summed E-state index contributed by atoms with van der Waals surface area (Å²) in [7, 11) is 3.30. The minimum atomic E-state index is 0.585. The van der Waals surface area contributed by atoms with E-state index in [1.807, 2.05) is 23.7 Å². The van der Waals surface area contributed by atoms with Crippen molar-refractivity contribution in [2.45, 2.75) is 6.42 Å². The molecular weight excluding hydrogens is 270 g/mol. The van der Waals surface area contributed by atoms with Gasteiger partial charge in [0.05, 0.1) is 25.4 Å². The zero-order valence-corrected chi connectivity index (χ0v) is 11.8. The molecule has 2 rings (SSSR count). The summed E-state index contributed by atoms with van der Waals surface area (Å²) in [5.74, 6) is 2.16. The smallest absolute Gasteiger partial charge is 0.128 e. The van der Waals surface area contributed by atoms with Gasteiger partial charge in [0.15, 0.2) is 0 Å². The second-order valence-corrected chi connectivity index (χ2v) is 4.95. The molecule has 0 saturated heterocycles. The van der Waals surface area contributed by atoms with E-state index in [0.29, 0.717) is 5.88 Å². The molecule has 0 saturated carbocycles. The second kappa shape index (κ2) is 6.07. The highest BCUT2D eigenvalue weighted by atomic mass is 35.5. The van der Waals surface area contributed by atoms with E-state index in [4.69, 9.17) is 21.1 Å². The average molecular weight is 284 g/mol. The maximum atomic E-state index is 5.81. The van der Waals surface area contributed by atoms with Gasteiger partial charge in [0.1, 0.15) is 11.5 Å². The van der Waals surface area contributed by atoms with E-state index >= 15 is 0 Å². The second-order valence-electron chi connectivity index (χ2n) is 3.63. The number of hydrogen-bond donors (Lipinski definition) is 0. The highest BCUT2D eigenvalue weighted by molar-refractivity contribution is 7.10. The fourth-order valence-corrected chi connectivity index (χ4v) is 2.83. The van der Waals surface area contributed by atoms with E-state index < -0.39 is 0 Å². The van der Waals surface area contributed by atoms with E-state index in [1.165, 1.54) is 0 Å². The van der Waals surface area contributed by atoms with Gasteiger partial charge in [0, 0.05) is 16.3 Å². The normalized spacial score (nSPS) is 10.4. The van der Waals surface area contributed by atoms with Crippen LogP contribution >= 0.6 is 22.9 Å². The van der Waals surface area contributed by atoms with Crippen LogP contribution in [-0.2, 0) is 6.42 Å². The van der Waals surface area contributed by atoms with Gasteiger partial charge in [-0.15, -0.1) is 22.9 Å². The van der Waals surface area contributed by atoms with Gasteiger partial charge >= 0.3 is 0 Å². The number of nitrogens with zero attached hydrogens (tertiary/aromatic N) is 1. The number of halogens is 1. The summed E-state index contributed by atoms with van der Waals surface area (Å²) in [6.45, 7) is 0. The van der Waals surface area contributed by atoms with Crippen molar-refractivity contribution in [2.24, 2.45) is 0 Å². The molecule has 0 amide bonds. The predicted octanol–water partition coefficient (Wildman–Crippen LogP) is 3.61. The number of benzene rings is 1. The van der Waals surface area contributed by atoms with Crippen LogP contribution in [0.3, 0.4) is 0 Å². The molecule has 0 N–H and O–H groups in total. The van der Waals surface area contributed by atoms with Crippen LogP contribution in [0.15, 0.2) is 23.7 Å². The number of rotatable bonds is 5. The molecule has 0 bridgehead atoms. The van der Waals surface area contributed by atoms with Crippen LogP contribution in [0.2, 0.25) is 0 Å². The highest BCUT2D eigenvalue weighted by Crippen LogP contribution is 2.36. The topological polar surface area (TPSA) is 31.4 Å². The lowest BCUT2D eigenvalue weighted by Gasteiger charge is -2.10. The summed E-state index contributed by atoms with van der Waals surface area (Å²) >= 11 is 7.42. The summed E-state index contributed by atoms with van der Waals surface area (Å²) in [6, 6.07) is 5.69. The van der Waals surface area contributed by atoms with Crippen LogP contribution in [0.4, 0.5) is 0 Å². The molecule has 0 aliphatic heterocycles. The van der Waals surface area contributed by atoms with E-state index in [1.54, 1.807) is 25.6 Å². The Morgan fingerprint density at radius 2 is 2.11 bits per heavy atom. The van der Waals surface area contributed by atoms with Crippen LogP contribution in [0.1, 0.15) is 4.88 Å². The minimum Gasteiger partial charge on any atom is -0.497 e. The number of hydrogen-bond acceptors (Lipinski definition) is 4. The Bertz CT molecular complexity index is 527. The first-order valence-corrected chi connectivity index (χ1v) is 6.92. The molecule has 0 unspecified atom stereocenters. The van der Waals surface area contributed by atoms with Gasteiger partial charge in [0.2, 0.25) is 0 Å². The molecule has 0 radical (unpaired) electrons.